The molecule has 1 aromatic heterocycles. The van der Waals surface area contributed by atoms with E-state index in [0.717, 1.165) is 54.7 Å². The molecule has 2 aromatic carbocycles. The maximum atomic E-state index is 12.6. The molecule has 6 nitrogen and oxygen atoms in total. The summed E-state index contributed by atoms with van der Waals surface area (Å²) >= 11 is 1.45. The molecule has 0 radical (unpaired) electrons. The number of ether oxygens (including phenoxy) is 1. The minimum absolute atomic E-state index is 0.199. The Bertz CT molecular complexity index is 977. The van der Waals surface area contributed by atoms with E-state index in [4.69, 9.17) is 4.74 Å². The van der Waals surface area contributed by atoms with Crippen molar-refractivity contribution in [1.82, 2.24) is 9.88 Å². The lowest BCUT2D eigenvalue weighted by atomic mass is 10.2. The zero-order valence-corrected chi connectivity index (χ0v) is 18.1. The van der Waals surface area contributed by atoms with Crippen LogP contribution >= 0.6 is 11.3 Å². The van der Waals surface area contributed by atoms with E-state index in [0.29, 0.717) is 5.69 Å². The summed E-state index contributed by atoms with van der Waals surface area (Å²) in [6.07, 6.45) is 0. The zero-order valence-electron chi connectivity index (χ0n) is 17.3. The second kappa shape index (κ2) is 9.28. The van der Waals surface area contributed by atoms with Gasteiger partial charge < -0.3 is 19.9 Å². The number of hydrogen-bond donors (Lipinski definition) is 1. The summed E-state index contributed by atoms with van der Waals surface area (Å²) in [4.78, 5) is 21.9. The Morgan fingerprint density at radius 3 is 2.40 bits per heavy atom. The number of amides is 1. The van der Waals surface area contributed by atoms with Crippen molar-refractivity contribution < 1.29 is 9.53 Å². The number of nitrogens with one attached hydrogen (secondary N) is 1. The molecule has 2 heterocycles. The highest BCUT2D eigenvalue weighted by atomic mass is 32.1. The molecule has 1 aliphatic rings. The highest BCUT2D eigenvalue weighted by Crippen LogP contribution is 2.26. The van der Waals surface area contributed by atoms with E-state index >= 15 is 0 Å². The van der Waals surface area contributed by atoms with E-state index in [-0.39, 0.29) is 5.91 Å². The number of hydrogen-bond acceptors (Lipinski definition) is 6. The van der Waals surface area contributed by atoms with Crippen molar-refractivity contribution in [3.8, 4) is 16.3 Å². The third-order valence-corrected chi connectivity index (χ3v) is 6.27. The fourth-order valence-electron chi connectivity index (χ4n) is 3.52. The van der Waals surface area contributed by atoms with Crippen LogP contribution in [0.2, 0.25) is 0 Å². The molecule has 30 heavy (non-hydrogen) atoms. The molecule has 1 aliphatic heterocycles. The number of likely N-dealkylation sites (N-methyl/N-ethyl adjacent to an activating group) is 1. The van der Waals surface area contributed by atoms with Gasteiger partial charge in [0.15, 0.2) is 0 Å². The van der Waals surface area contributed by atoms with Crippen molar-refractivity contribution in [2.75, 3.05) is 50.1 Å². The number of aromatic nitrogens is 1. The minimum atomic E-state index is -0.199. The molecule has 1 fully saturated rings. The van der Waals surface area contributed by atoms with Gasteiger partial charge >= 0.3 is 0 Å². The van der Waals surface area contributed by atoms with E-state index in [1.54, 1.807) is 12.5 Å². The van der Waals surface area contributed by atoms with Gasteiger partial charge in [-0.05, 0) is 55.1 Å². The van der Waals surface area contributed by atoms with Crippen LogP contribution in [-0.2, 0) is 0 Å². The first-order valence-electron chi connectivity index (χ1n) is 10.1. The highest BCUT2D eigenvalue weighted by Gasteiger charge is 2.16. The zero-order chi connectivity index (χ0) is 20.9. The number of piperazine rings is 1. The van der Waals surface area contributed by atoms with Gasteiger partial charge in [-0.25, -0.2) is 4.98 Å². The molecule has 156 valence electrons. The first kappa shape index (κ1) is 20.4. The number of carbonyl (C=O) groups is 1. The normalized spacial score (nSPS) is 14.5. The van der Waals surface area contributed by atoms with Crippen LogP contribution in [0.25, 0.3) is 10.6 Å². The number of carbonyl (C=O) groups excluding carboxylic acids is 1. The SMILES string of the molecule is CCN1CCN(c2ccc(NC(=O)c3csc(-c4ccc(OC)cc4)n3)cc2)CC1. The fourth-order valence-corrected chi connectivity index (χ4v) is 4.32. The van der Waals surface area contributed by atoms with Gasteiger partial charge in [0.25, 0.3) is 5.91 Å². The van der Waals surface area contributed by atoms with Gasteiger partial charge in [-0.1, -0.05) is 6.92 Å². The summed E-state index contributed by atoms with van der Waals surface area (Å²) in [7, 11) is 1.64. The van der Waals surface area contributed by atoms with Crippen molar-refractivity contribution in [1.29, 1.82) is 0 Å². The van der Waals surface area contributed by atoms with Crippen LogP contribution in [0.3, 0.4) is 0 Å². The molecule has 1 N–H and O–H groups in total. The molecule has 3 aromatic rings. The lowest BCUT2D eigenvalue weighted by Gasteiger charge is -2.35. The summed E-state index contributed by atoms with van der Waals surface area (Å²) in [6, 6.07) is 15.7. The number of nitrogens with zero attached hydrogens (tertiary/aromatic N) is 3. The first-order valence-corrected chi connectivity index (χ1v) is 11.0. The van der Waals surface area contributed by atoms with Crippen molar-refractivity contribution >= 4 is 28.6 Å². The molecule has 0 atom stereocenters. The molecule has 0 saturated carbocycles. The molecule has 7 heteroatoms. The highest BCUT2D eigenvalue weighted by molar-refractivity contribution is 7.13. The van der Waals surface area contributed by atoms with Crippen LogP contribution in [0.1, 0.15) is 17.4 Å². The van der Waals surface area contributed by atoms with Crippen LogP contribution < -0.4 is 15.0 Å². The summed E-state index contributed by atoms with van der Waals surface area (Å²) < 4.78 is 5.19. The molecule has 0 bridgehead atoms. The predicted octanol–water partition coefficient (Wildman–Crippen LogP) is 4.21. The van der Waals surface area contributed by atoms with E-state index in [2.05, 4.69) is 39.2 Å². The predicted molar refractivity (Wildman–Crippen MR) is 123 cm³/mol. The van der Waals surface area contributed by atoms with Crippen molar-refractivity contribution in [2.45, 2.75) is 6.92 Å². The number of rotatable bonds is 6. The van der Waals surface area contributed by atoms with Crippen LogP contribution in [0.4, 0.5) is 11.4 Å². The number of methoxy groups -OCH3 is 1. The van der Waals surface area contributed by atoms with Gasteiger partial charge in [0, 0.05) is 48.5 Å². The van der Waals surface area contributed by atoms with Crippen LogP contribution in [0, 0.1) is 0 Å². The van der Waals surface area contributed by atoms with Gasteiger partial charge in [0.2, 0.25) is 0 Å². The quantitative estimate of drug-likeness (QED) is 0.645. The molecule has 1 saturated heterocycles. The minimum Gasteiger partial charge on any atom is -0.497 e. The molecular formula is C23H26N4O2S. The van der Waals surface area contributed by atoms with Crippen molar-refractivity contribution in [3.05, 3.63) is 59.6 Å². The summed E-state index contributed by atoms with van der Waals surface area (Å²) in [6.45, 7) is 7.56. The second-order valence-electron chi connectivity index (χ2n) is 7.19. The summed E-state index contributed by atoms with van der Waals surface area (Å²) in [5.74, 6) is 0.597. The monoisotopic (exact) mass is 422 g/mol. The maximum absolute atomic E-state index is 12.6. The third-order valence-electron chi connectivity index (χ3n) is 5.38. The Labute approximate surface area is 181 Å². The first-order chi connectivity index (χ1) is 14.7. The Kier molecular flexibility index (Phi) is 6.30. The van der Waals surface area contributed by atoms with Crippen LogP contribution in [0.5, 0.6) is 5.75 Å². The van der Waals surface area contributed by atoms with Gasteiger partial charge in [-0.3, -0.25) is 4.79 Å². The van der Waals surface area contributed by atoms with E-state index in [1.807, 2.05) is 36.4 Å². The van der Waals surface area contributed by atoms with Crippen LogP contribution in [0.15, 0.2) is 53.9 Å². The van der Waals surface area contributed by atoms with Crippen LogP contribution in [-0.4, -0.2) is 55.6 Å². The van der Waals surface area contributed by atoms with E-state index in [9.17, 15) is 4.79 Å². The standard InChI is InChI=1S/C23H26N4O2S/c1-3-26-12-14-27(15-13-26)19-8-6-18(7-9-19)24-22(28)21-16-30-23(25-21)17-4-10-20(29-2)11-5-17/h4-11,16H,3,12-15H2,1-2H3,(H,24,28). The van der Waals surface area contributed by atoms with Gasteiger partial charge in [0.05, 0.1) is 7.11 Å². The van der Waals surface area contributed by atoms with Crippen molar-refractivity contribution in [2.24, 2.45) is 0 Å². The summed E-state index contributed by atoms with van der Waals surface area (Å²) in [5.41, 5.74) is 3.35. The molecule has 0 unspecified atom stereocenters. The lowest BCUT2D eigenvalue weighted by molar-refractivity contribution is 0.102. The van der Waals surface area contributed by atoms with Gasteiger partial charge in [-0.2, -0.15) is 0 Å². The average Bonchev–Trinajstić information content (AvgIpc) is 3.30. The third kappa shape index (κ3) is 4.63. The number of benzene rings is 2. The number of anilines is 2. The maximum Gasteiger partial charge on any atom is 0.275 e. The average molecular weight is 423 g/mol. The molecule has 0 aliphatic carbocycles. The molecule has 0 spiro atoms. The fraction of sp³-hybridized carbons (Fsp3) is 0.304. The second-order valence-corrected chi connectivity index (χ2v) is 8.05. The lowest BCUT2D eigenvalue weighted by Crippen LogP contribution is -2.46. The smallest absolute Gasteiger partial charge is 0.275 e. The van der Waals surface area contributed by atoms with E-state index in [1.165, 1.54) is 17.0 Å². The topological polar surface area (TPSA) is 57.7 Å². The Morgan fingerprint density at radius 2 is 1.77 bits per heavy atom. The summed E-state index contributed by atoms with van der Waals surface area (Å²) in [5, 5.41) is 5.54. The molecule has 1 amide bonds. The molecular weight excluding hydrogens is 396 g/mol. The Morgan fingerprint density at radius 1 is 1.07 bits per heavy atom. The largest absolute Gasteiger partial charge is 0.497 e. The van der Waals surface area contributed by atoms with Gasteiger partial charge in [0.1, 0.15) is 16.5 Å². The van der Waals surface area contributed by atoms with E-state index < -0.39 is 0 Å². The number of thiazole rings is 1. The Balaban J connectivity index is 1.37. The molecule has 4 rings (SSSR count). The van der Waals surface area contributed by atoms with Crippen molar-refractivity contribution in [3.63, 3.8) is 0 Å². The van der Waals surface area contributed by atoms with Gasteiger partial charge in [-0.15, -0.1) is 11.3 Å². The Hall–Kier alpha value is -2.90.